The second kappa shape index (κ2) is 4.97. The van der Waals surface area contributed by atoms with E-state index >= 15 is 0 Å². The summed E-state index contributed by atoms with van der Waals surface area (Å²) in [7, 11) is 0. The number of fused-ring (bicyclic) bond motifs is 4. The SMILES string of the molecule is CCC1(C)Cc2ccccc2-c2nc3n(c(=O)c21)CC(C#N)S3. The molecule has 0 saturated carbocycles. The summed E-state index contributed by atoms with van der Waals surface area (Å²) in [5.41, 5.74) is 3.79. The van der Waals surface area contributed by atoms with Crippen LogP contribution >= 0.6 is 11.8 Å². The first kappa shape index (κ1) is 14.5. The lowest BCUT2D eigenvalue weighted by Gasteiger charge is -2.35. The van der Waals surface area contributed by atoms with Gasteiger partial charge >= 0.3 is 0 Å². The van der Waals surface area contributed by atoms with E-state index in [0.29, 0.717) is 11.7 Å². The van der Waals surface area contributed by atoms with Crippen molar-refractivity contribution in [3.05, 3.63) is 45.7 Å². The molecule has 1 aliphatic heterocycles. The van der Waals surface area contributed by atoms with Crippen molar-refractivity contribution in [2.75, 3.05) is 0 Å². The van der Waals surface area contributed by atoms with Crippen molar-refractivity contribution in [2.24, 2.45) is 0 Å². The van der Waals surface area contributed by atoms with E-state index in [4.69, 9.17) is 4.98 Å². The Kier molecular flexibility index (Phi) is 3.14. The van der Waals surface area contributed by atoms with Crippen LogP contribution in [0.3, 0.4) is 0 Å². The fourth-order valence-corrected chi connectivity index (χ4v) is 4.60. The molecule has 1 aromatic heterocycles. The van der Waals surface area contributed by atoms with Crippen LogP contribution in [0.5, 0.6) is 0 Å². The summed E-state index contributed by atoms with van der Waals surface area (Å²) in [6.07, 6.45) is 1.75. The van der Waals surface area contributed by atoms with E-state index in [-0.39, 0.29) is 16.2 Å². The Hall–Kier alpha value is -2.06. The molecule has 4 rings (SSSR count). The van der Waals surface area contributed by atoms with Crippen molar-refractivity contribution < 1.29 is 0 Å². The van der Waals surface area contributed by atoms with Crippen LogP contribution in [0.25, 0.3) is 11.3 Å². The Morgan fingerprint density at radius 3 is 3.00 bits per heavy atom. The first-order valence-corrected chi connectivity index (χ1v) is 8.75. The molecule has 0 amide bonds. The predicted molar refractivity (Wildman–Crippen MR) is 90.5 cm³/mol. The summed E-state index contributed by atoms with van der Waals surface area (Å²) in [6, 6.07) is 10.5. The Morgan fingerprint density at radius 2 is 2.26 bits per heavy atom. The van der Waals surface area contributed by atoms with E-state index in [9.17, 15) is 10.1 Å². The van der Waals surface area contributed by atoms with Crippen LogP contribution in [0.2, 0.25) is 0 Å². The monoisotopic (exact) mass is 323 g/mol. The molecule has 0 N–H and O–H groups in total. The smallest absolute Gasteiger partial charge is 0.258 e. The van der Waals surface area contributed by atoms with Crippen molar-refractivity contribution >= 4 is 11.8 Å². The molecule has 2 aromatic rings. The molecule has 116 valence electrons. The van der Waals surface area contributed by atoms with Crippen LogP contribution in [0, 0.1) is 11.3 Å². The Morgan fingerprint density at radius 1 is 1.48 bits per heavy atom. The number of benzene rings is 1. The number of rotatable bonds is 1. The van der Waals surface area contributed by atoms with Gasteiger partial charge in [0.05, 0.1) is 23.9 Å². The highest BCUT2D eigenvalue weighted by Gasteiger charge is 2.39. The fourth-order valence-electron chi connectivity index (χ4n) is 3.64. The number of hydrogen-bond acceptors (Lipinski definition) is 4. The molecule has 2 atom stereocenters. The minimum atomic E-state index is -0.220. The van der Waals surface area contributed by atoms with Gasteiger partial charge in [0.25, 0.3) is 5.56 Å². The van der Waals surface area contributed by atoms with E-state index in [0.717, 1.165) is 29.7 Å². The van der Waals surface area contributed by atoms with Crippen LogP contribution in [-0.4, -0.2) is 14.8 Å². The maximum Gasteiger partial charge on any atom is 0.258 e. The van der Waals surface area contributed by atoms with Gasteiger partial charge in [0.2, 0.25) is 0 Å². The van der Waals surface area contributed by atoms with Crippen molar-refractivity contribution in [1.29, 1.82) is 5.26 Å². The second-order valence-electron chi connectivity index (χ2n) is 6.52. The van der Waals surface area contributed by atoms with E-state index in [1.54, 1.807) is 4.57 Å². The third kappa shape index (κ3) is 1.98. The third-order valence-electron chi connectivity index (χ3n) is 5.11. The molecular weight excluding hydrogens is 306 g/mol. The van der Waals surface area contributed by atoms with Crippen molar-refractivity contribution in [2.45, 2.75) is 49.1 Å². The van der Waals surface area contributed by atoms with Crippen LogP contribution in [-0.2, 0) is 18.4 Å². The van der Waals surface area contributed by atoms with Crippen LogP contribution < -0.4 is 5.56 Å². The average molecular weight is 323 g/mol. The Labute approximate surface area is 139 Å². The van der Waals surface area contributed by atoms with Crippen molar-refractivity contribution in [1.82, 2.24) is 9.55 Å². The van der Waals surface area contributed by atoms with E-state index in [1.807, 2.05) is 18.2 Å². The van der Waals surface area contributed by atoms with Gasteiger partial charge in [-0.2, -0.15) is 5.26 Å². The molecule has 2 heterocycles. The normalized spacial score (nSPS) is 24.5. The zero-order valence-corrected chi connectivity index (χ0v) is 14.0. The minimum Gasteiger partial charge on any atom is -0.285 e. The van der Waals surface area contributed by atoms with Crippen LogP contribution in [0.4, 0.5) is 0 Å². The average Bonchev–Trinajstić information content (AvgIpc) is 2.98. The molecule has 0 bridgehead atoms. The zero-order chi connectivity index (χ0) is 16.2. The van der Waals surface area contributed by atoms with Gasteiger partial charge in [-0.3, -0.25) is 9.36 Å². The number of thioether (sulfide) groups is 1. The van der Waals surface area contributed by atoms with Gasteiger partial charge in [-0.25, -0.2) is 4.98 Å². The Bertz CT molecular complexity index is 911. The lowest BCUT2D eigenvalue weighted by atomic mass is 9.69. The largest absolute Gasteiger partial charge is 0.285 e. The number of nitrogens with zero attached hydrogens (tertiary/aromatic N) is 3. The molecule has 2 aliphatic rings. The van der Waals surface area contributed by atoms with E-state index in [1.165, 1.54) is 17.3 Å². The molecule has 1 aliphatic carbocycles. The lowest BCUT2D eigenvalue weighted by Crippen LogP contribution is -2.39. The standard InChI is InChI=1S/C18H17N3OS/c1-3-18(2)8-11-6-4-5-7-13(11)15-14(18)16(22)21-10-12(9-19)23-17(21)20-15/h4-7,12H,3,8,10H2,1-2H3. The highest BCUT2D eigenvalue weighted by Crippen LogP contribution is 2.43. The molecule has 0 fully saturated rings. The minimum absolute atomic E-state index is 0.0362. The van der Waals surface area contributed by atoms with E-state index in [2.05, 4.69) is 26.0 Å². The summed E-state index contributed by atoms with van der Waals surface area (Å²) >= 11 is 1.40. The number of hydrogen-bond donors (Lipinski definition) is 0. The molecule has 4 nitrogen and oxygen atoms in total. The number of aromatic nitrogens is 2. The summed E-state index contributed by atoms with van der Waals surface area (Å²) in [5, 5.41) is 9.64. The highest BCUT2D eigenvalue weighted by atomic mass is 32.2. The predicted octanol–water partition coefficient (Wildman–Crippen LogP) is 3.13. The topological polar surface area (TPSA) is 58.7 Å². The maximum atomic E-state index is 13.2. The number of nitriles is 1. The van der Waals surface area contributed by atoms with Crippen molar-refractivity contribution in [3.63, 3.8) is 0 Å². The fraction of sp³-hybridized carbons (Fsp3) is 0.389. The molecule has 23 heavy (non-hydrogen) atoms. The summed E-state index contributed by atoms with van der Waals surface area (Å²) in [4.78, 5) is 18.0. The van der Waals surface area contributed by atoms with Gasteiger partial charge in [0.15, 0.2) is 5.16 Å². The maximum absolute atomic E-state index is 13.2. The van der Waals surface area contributed by atoms with Gasteiger partial charge in [0, 0.05) is 11.0 Å². The molecule has 0 saturated heterocycles. The van der Waals surface area contributed by atoms with Gasteiger partial charge < -0.3 is 0 Å². The van der Waals surface area contributed by atoms with Gasteiger partial charge in [-0.05, 0) is 18.4 Å². The quantitative estimate of drug-likeness (QED) is 0.757. The first-order valence-electron chi connectivity index (χ1n) is 7.87. The third-order valence-corrected chi connectivity index (χ3v) is 6.17. The molecule has 1 aromatic carbocycles. The lowest BCUT2D eigenvalue weighted by molar-refractivity contribution is 0.430. The first-order chi connectivity index (χ1) is 11.1. The molecule has 5 heteroatoms. The molecular formula is C18H17N3OS. The molecule has 2 unspecified atom stereocenters. The van der Waals surface area contributed by atoms with E-state index < -0.39 is 0 Å². The van der Waals surface area contributed by atoms with Crippen molar-refractivity contribution in [3.8, 4) is 17.3 Å². The van der Waals surface area contributed by atoms with Gasteiger partial charge in [0.1, 0.15) is 5.25 Å². The highest BCUT2D eigenvalue weighted by molar-refractivity contribution is 8.00. The second-order valence-corrected chi connectivity index (χ2v) is 7.69. The molecule has 0 spiro atoms. The zero-order valence-electron chi connectivity index (χ0n) is 13.2. The van der Waals surface area contributed by atoms with Crippen LogP contribution in [0.15, 0.2) is 34.2 Å². The van der Waals surface area contributed by atoms with Gasteiger partial charge in [-0.15, -0.1) is 0 Å². The Balaban J connectivity index is 2.05. The van der Waals surface area contributed by atoms with Crippen LogP contribution in [0.1, 0.15) is 31.4 Å². The summed E-state index contributed by atoms with van der Waals surface area (Å²) < 4.78 is 1.69. The summed E-state index contributed by atoms with van der Waals surface area (Å²) in [5.74, 6) is 0. The summed E-state index contributed by atoms with van der Waals surface area (Å²) in [6.45, 7) is 4.72. The van der Waals surface area contributed by atoms with Gasteiger partial charge in [-0.1, -0.05) is 49.9 Å². The molecule has 0 radical (unpaired) electrons.